The van der Waals surface area contributed by atoms with Gasteiger partial charge in [-0.15, -0.1) is 0 Å². The normalized spacial score (nSPS) is 16.2. The number of hydrogen-bond donors (Lipinski definition) is 2. The Balaban J connectivity index is 2.12. The van der Waals surface area contributed by atoms with E-state index in [1.54, 1.807) is 7.11 Å². The maximum Gasteiger partial charge on any atom is 0.315 e. The summed E-state index contributed by atoms with van der Waals surface area (Å²) in [5.74, 6) is 0. The molecular weight excluding hydrogens is 192 g/mol. The summed E-state index contributed by atoms with van der Waals surface area (Å²) in [5.41, 5.74) is 0.0941. The summed E-state index contributed by atoms with van der Waals surface area (Å²) >= 11 is 0. The van der Waals surface area contributed by atoms with Gasteiger partial charge in [0.15, 0.2) is 0 Å². The zero-order chi connectivity index (χ0) is 11.3. The Labute approximate surface area is 91.8 Å². The van der Waals surface area contributed by atoms with E-state index in [9.17, 15) is 4.79 Å². The Hall–Kier alpha value is -0.770. The average Bonchev–Trinajstić information content (AvgIpc) is 2.96. The summed E-state index contributed by atoms with van der Waals surface area (Å²) in [7, 11) is 1.70. The van der Waals surface area contributed by atoms with Crippen LogP contribution in [0, 0.1) is 5.41 Å². The number of methoxy groups -OCH3 is 1. The Morgan fingerprint density at radius 3 is 2.67 bits per heavy atom. The van der Waals surface area contributed by atoms with Crippen molar-refractivity contribution < 1.29 is 9.53 Å². The molecule has 0 heterocycles. The molecule has 0 radical (unpaired) electrons. The van der Waals surface area contributed by atoms with Gasteiger partial charge in [0.05, 0.1) is 0 Å². The topological polar surface area (TPSA) is 50.4 Å². The predicted molar refractivity (Wildman–Crippen MR) is 59.8 cm³/mol. The van der Waals surface area contributed by atoms with Gasteiger partial charge in [-0.2, -0.15) is 0 Å². The van der Waals surface area contributed by atoms with E-state index in [2.05, 4.69) is 24.5 Å². The van der Waals surface area contributed by atoms with Crippen LogP contribution in [0.4, 0.5) is 4.79 Å². The lowest BCUT2D eigenvalue weighted by molar-refractivity contribution is 0.151. The molecule has 15 heavy (non-hydrogen) atoms. The van der Waals surface area contributed by atoms with Gasteiger partial charge >= 0.3 is 6.03 Å². The van der Waals surface area contributed by atoms with E-state index in [4.69, 9.17) is 4.74 Å². The van der Waals surface area contributed by atoms with Crippen molar-refractivity contribution in [1.29, 1.82) is 0 Å². The average molecular weight is 214 g/mol. The van der Waals surface area contributed by atoms with E-state index in [1.165, 1.54) is 0 Å². The number of rotatable bonds is 6. The molecule has 88 valence electrons. The van der Waals surface area contributed by atoms with Crippen LogP contribution in [0.1, 0.15) is 33.1 Å². The molecule has 0 aliphatic heterocycles. The highest BCUT2D eigenvalue weighted by atomic mass is 16.5. The SMILES string of the molecule is COCCC(C)(C)CNC(=O)NC1CC1. The van der Waals surface area contributed by atoms with Gasteiger partial charge in [-0.25, -0.2) is 4.79 Å². The minimum atomic E-state index is -0.0389. The highest BCUT2D eigenvalue weighted by Crippen LogP contribution is 2.20. The second-order valence-corrected chi connectivity index (χ2v) is 5.01. The summed E-state index contributed by atoms with van der Waals surface area (Å²) in [5, 5.41) is 5.80. The molecule has 0 saturated heterocycles. The van der Waals surface area contributed by atoms with Gasteiger partial charge in [0.2, 0.25) is 0 Å². The van der Waals surface area contributed by atoms with Crippen LogP contribution < -0.4 is 10.6 Å². The number of carbonyl (C=O) groups is 1. The third-order valence-corrected chi connectivity index (χ3v) is 2.62. The van der Waals surface area contributed by atoms with Gasteiger partial charge < -0.3 is 15.4 Å². The number of amides is 2. The monoisotopic (exact) mass is 214 g/mol. The van der Waals surface area contributed by atoms with Crippen LogP contribution in [0.5, 0.6) is 0 Å². The molecule has 1 rings (SSSR count). The Morgan fingerprint density at radius 2 is 2.13 bits per heavy atom. The summed E-state index contributed by atoms with van der Waals surface area (Å²) in [6.07, 6.45) is 3.20. The number of urea groups is 1. The highest BCUT2D eigenvalue weighted by Gasteiger charge is 2.24. The van der Waals surface area contributed by atoms with Crippen LogP contribution in [0.3, 0.4) is 0 Å². The second kappa shape index (κ2) is 5.35. The molecule has 4 nitrogen and oxygen atoms in total. The quantitative estimate of drug-likeness (QED) is 0.704. The maximum absolute atomic E-state index is 11.4. The van der Waals surface area contributed by atoms with Crippen molar-refractivity contribution in [2.24, 2.45) is 5.41 Å². The predicted octanol–water partition coefficient (Wildman–Crippen LogP) is 1.51. The van der Waals surface area contributed by atoms with Crippen molar-refractivity contribution >= 4 is 6.03 Å². The fourth-order valence-corrected chi connectivity index (χ4v) is 1.25. The lowest BCUT2D eigenvalue weighted by Crippen LogP contribution is -2.41. The summed E-state index contributed by atoms with van der Waals surface area (Å²) in [6, 6.07) is 0.384. The lowest BCUT2D eigenvalue weighted by atomic mass is 9.90. The largest absolute Gasteiger partial charge is 0.385 e. The molecule has 1 aliphatic carbocycles. The van der Waals surface area contributed by atoms with Gasteiger partial charge in [-0.3, -0.25) is 0 Å². The van der Waals surface area contributed by atoms with Crippen LogP contribution in [0.2, 0.25) is 0 Å². The third-order valence-electron chi connectivity index (χ3n) is 2.62. The van der Waals surface area contributed by atoms with Crippen LogP contribution in [0.25, 0.3) is 0 Å². The van der Waals surface area contributed by atoms with Crippen LogP contribution in [-0.4, -0.2) is 32.3 Å². The van der Waals surface area contributed by atoms with E-state index in [1.807, 2.05) is 0 Å². The van der Waals surface area contributed by atoms with Gasteiger partial charge in [0.1, 0.15) is 0 Å². The maximum atomic E-state index is 11.4. The van der Waals surface area contributed by atoms with E-state index >= 15 is 0 Å². The molecule has 1 aliphatic rings. The first-order valence-electron chi connectivity index (χ1n) is 5.57. The standard InChI is InChI=1S/C11H22N2O2/c1-11(2,6-7-15-3)8-12-10(14)13-9-4-5-9/h9H,4-8H2,1-3H3,(H2,12,13,14). The second-order valence-electron chi connectivity index (χ2n) is 5.01. The molecule has 0 aromatic heterocycles. The molecular formula is C11H22N2O2. The molecule has 0 unspecified atom stereocenters. The first kappa shape index (κ1) is 12.3. The van der Waals surface area contributed by atoms with Gasteiger partial charge in [-0.1, -0.05) is 13.8 Å². The summed E-state index contributed by atoms with van der Waals surface area (Å²) in [4.78, 5) is 11.4. The molecule has 4 heteroatoms. The first-order chi connectivity index (χ1) is 7.03. The van der Waals surface area contributed by atoms with E-state index in [0.29, 0.717) is 12.6 Å². The molecule has 1 saturated carbocycles. The molecule has 0 aromatic carbocycles. The zero-order valence-corrected chi connectivity index (χ0v) is 9.93. The molecule has 2 N–H and O–H groups in total. The van der Waals surface area contributed by atoms with Gasteiger partial charge in [0, 0.05) is 26.3 Å². The number of hydrogen-bond acceptors (Lipinski definition) is 2. The fourth-order valence-electron chi connectivity index (χ4n) is 1.25. The van der Waals surface area contributed by atoms with E-state index < -0.39 is 0 Å². The first-order valence-corrected chi connectivity index (χ1v) is 5.57. The minimum Gasteiger partial charge on any atom is -0.385 e. The van der Waals surface area contributed by atoms with Crippen LogP contribution >= 0.6 is 0 Å². The van der Waals surface area contributed by atoms with Gasteiger partial charge in [-0.05, 0) is 24.7 Å². The zero-order valence-electron chi connectivity index (χ0n) is 9.93. The smallest absolute Gasteiger partial charge is 0.315 e. The lowest BCUT2D eigenvalue weighted by Gasteiger charge is -2.24. The van der Waals surface area contributed by atoms with Crippen LogP contribution in [-0.2, 0) is 4.74 Å². The van der Waals surface area contributed by atoms with Crippen molar-refractivity contribution in [3.63, 3.8) is 0 Å². The molecule has 0 atom stereocenters. The van der Waals surface area contributed by atoms with Crippen LogP contribution in [0.15, 0.2) is 0 Å². The van der Waals surface area contributed by atoms with Gasteiger partial charge in [0.25, 0.3) is 0 Å². The Kier molecular flexibility index (Phi) is 4.39. The minimum absolute atomic E-state index is 0.0389. The molecule has 0 bridgehead atoms. The summed E-state index contributed by atoms with van der Waals surface area (Å²) < 4.78 is 5.03. The van der Waals surface area contributed by atoms with Crippen molar-refractivity contribution in [2.75, 3.05) is 20.3 Å². The third kappa shape index (κ3) is 5.62. The molecule has 0 aromatic rings. The number of ether oxygens (including phenoxy) is 1. The van der Waals surface area contributed by atoms with Crippen molar-refractivity contribution in [3.8, 4) is 0 Å². The Bertz CT molecular complexity index is 213. The van der Waals surface area contributed by atoms with Crippen molar-refractivity contribution in [1.82, 2.24) is 10.6 Å². The fraction of sp³-hybridized carbons (Fsp3) is 0.909. The Morgan fingerprint density at radius 1 is 1.47 bits per heavy atom. The van der Waals surface area contributed by atoms with E-state index in [-0.39, 0.29) is 11.4 Å². The van der Waals surface area contributed by atoms with E-state index in [0.717, 1.165) is 25.9 Å². The molecule has 1 fully saturated rings. The number of nitrogens with one attached hydrogen (secondary N) is 2. The number of carbonyl (C=O) groups excluding carboxylic acids is 1. The summed E-state index contributed by atoms with van der Waals surface area (Å²) in [6.45, 7) is 5.68. The molecule has 2 amide bonds. The highest BCUT2D eigenvalue weighted by molar-refractivity contribution is 5.74. The molecule has 0 spiro atoms. The van der Waals surface area contributed by atoms with Crippen molar-refractivity contribution in [2.45, 2.75) is 39.2 Å². The van der Waals surface area contributed by atoms with Crippen molar-refractivity contribution in [3.05, 3.63) is 0 Å².